The molecule has 1 aliphatic carbocycles. The minimum Gasteiger partial charge on any atom is -0.336 e. The van der Waals surface area contributed by atoms with E-state index in [0.29, 0.717) is 0 Å². The van der Waals surface area contributed by atoms with Gasteiger partial charge in [-0.25, -0.2) is 0 Å². The predicted molar refractivity (Wildman–Crippen MR) is 76.2 cm³/mol. The molecule has 1 aromatic carbocycles. The van der Waals surface area contributed by atoms with Crippen molar-refractivity contribution in [1.29, 1.82) is 0 Å². The van der Waals surface area contributed by atoms with E-state index < -0.39 is 0 Å². The molecule has 1 aliphatic heterocycles. The Hall–Kier alpha value is -1.35. The van der Waals surface area contributed by atoms with Gasteiger partial charge in [0.15, 0.2) is 0 Å². The molecule has 19 heavy (non-hydrogen) atoms. The number of nitrogens with zero attached hydrogens (tertiary/aromatic N) is 2. The van der Waals surface area contributed by atoms with E-state index in [-0.39, 0.29) is 5.91 Å². The van der Waals surface area contributed by atoms with Gasteiger partial charge in [-0.3, -0.25) is 9.69 Å². The molecule has 3 rings (SSSR count). The van der Waals surface area contributed by atoms with E-state index >= 15 is 0 Å². The van der Waals surface area contributed by atoms with Gasteiger partial charge < -0.3 is 4.90 Å². The molecule has 0 N–H and O–H groups in total. The van der Waals surface area contributed by atoms with Crippen molar-refractivity contribution in [2.45, 2.75) is 19.8 Å². The van der Waals surface area contributed by atoms with Gasteiger partial charge in [-0.1, -0.05) is 17.7 Å². The maximum absolute atomic E-state index is 12.4. The Morgan fingerprint density at radius 3 is 2.32 bits per heavy atom. The smallest absolute Gasteiger partial charge is 0.253 e. The highest BCUT2D eigenvalue weighted by Gasteiger charge is 2.27. The van der Waals surface area contributed by atoms with E-state index in [1.54, 1.807) is 0 Å². The van der Waals surface area contributed by atoms with E-state index in [2.05, 4.69) is 4.90 Å². The number of amides is 1. The van der Waals surface area contributed by atoms with Crippen molar-refractivity contribution < 1.29 is 4.79 Å². The summed E-state index contributed by atoms with van der Waals surface area (Å²) in [7, 11) is 0. The molecule has 0 aromatic heterocycles. The summed E-state index contributed by atoms with van der Waals surface area (Å²) in [6.07, 6.45) is 2.81. The molecule has 0 atom stereocenters. The molecule has 1 heterocycles. The summed E-state index contributed by atoms with van der Waals surface area (Å²) < 4.78 is 0. The van der Waals surface area contributed by atoms with E-state index in [4.69, 9.17) is 0 Å². The molecule has 3 nitrogen and oxygen atoms in total. The zero-order valence-corrected chi connectivity index (χ0v) is 11.6. The molecule has 1 amide bonds. The van der Waals surface area contributed by atoms with Gasteiger partial charge >= 0.3 is 0 Å². The van der Waals surface area contributed by atoms with Crippen molar-refractivity contribution in [3.05, 3.63) is 35.4 Å². The van der Waals surface area contributed by atoms with Gasteiger partial charge in [0.05, 0.1) is 0 Å². The Morgan fingerprint density at radius 1 is 1.11 bits per heavy atom. The van der Waals surface area contributed by atoms with Crippen LogP contribution in [0.2, 0.25) is 0 Å². The summed E-state index contributed by atoms with van der Waals surface area (Å²) in [4.78, 5) is 16.9. The average Bonchev–Trinajstić information content (AvgIpc) is 3.24. The van der Waals surface area contributed by atoms with Crippen molar-refractivity contribution in [2.24, 2.45) is 5.92 Å². The second-order valence-electron chi connectivity index (χ2n) is 5.90. The van der Waals surface area contributed by atoms with Crippen LogP contribution in [0.5, 0.6) is 0 Å². The first kappa shape index (κ1) is 12.7. The quantitative estimate of drug-likeness (QED) is 0.829. The summed E-state index contributed by atoms with van der Waals surface area (Å²) >= 11 is 0. The molecule has 0 bridgehead atoms. The third-order valence-corrected chi connectivity index (χ3v) is 4.17. The number of piperazine rings is 1. The summed E-state index contributed by atoms with van der Waals surface area (Å²) in [6, 6.07) is 7.90. The first-order chi connectivity index (χ1) is 9.22. The standard InChI is InChI=1S/C16H22N2O/c1-13-2-6-15(7-3-13)16(19)18-10-8-17(9-11-18)12-14-4-5-14/h2-3,6-7,14H,4-5,8-12H2,1H3. The van der Waals surface area contributed by atoms with Crippen LogP contribution in [0.4, 0.5) is 0 Å². The summed E-state index contributed by atoms with van der Waals surface area (Å²) in [5.74, 6) is 1.13. The minimum atomic E-state index is 0.186. The van der Waals surface area contributed by atoms with Gasteiger partial charge in [0, 0.05) is 38.3 Å². The molecular formula is C16H22N2O. The van der Waals surface area contributed by atoms with Crippen LogP contribution in [0.1, 0.15) is 28.8 Å². The van der Waals surface area contributed by atoms with Crippen LogP contribution >= 0.6 is 0 Å². The highest BCUT2D eigenvalue weighted by atomic mass is 16.2. The second-order valence-corrected chi connectivity index (χ2v) is 5.90. The van der Waals surface area contributed by atoms with Gasteiger partial charge in [0.1, 0.15) is 0 Å². The molecule has 1 aromatic rings. The van der Waals surface area contributed by atoms with E-state index in [0.717, 1.165) is 37.7 Å². The molecule has 0 radical (unpaired) electrons. The fraction of sp³-hybridized carbons (Fsp3) is 0.562. The minimum absolute atomic E-state index is 0.186. The molecule has 2 fully saturated rings. The highest BCUT2D eigenvalue weighted by Crippen LogP contribution is 2.29. The van der Waals surface area contributed by atoms with Gasteiger partial charge in [0.2, 0.25) is 0 Å². The Morgan fingerprint density at radius 2 is 1.74 bits per heavy atom. The molecule has 1 saturated carbocycles. The van der Waals surface area contributed by atoms with Crippen LogP contribution in [0.25, 0.3) is 0 Å². The van der Waals surface area contributed by atoms with Gasteiger partial charge in [-0.2, -0.15) is 0 Å². The fourth-order valence-electron chi connectivity index (χ4n) is 2.68. The summed E-state index contributed by atoms with van der Waals surface area (Å²) in [5, 5.41) is 0. The monoisotopic (exact) mass is 258 g/mol. The molecule has 3 heteroatoms. The molecule has 0 unspecified atom stereocenters. The summed E-state index contributed by atoms with van der Waals surface area (Å²) in [6.45, 7) is 7.11. The molecular weight excluding hydrogens is 236 g/mol. The van der Waals surface area contributed by atoms with Gasteiger partial charge in [0.25, 0.3) is 5.91 Å². The third-order valence-electron chi connectivity index (χ3n) is 4.17. The highest BCUT2D eigenvalue weighted by molar-refractivity contribution is 5.94. The SMILES string of the molecule is Cc1ccc(C(=O)N2CCN(CC3CC3)CC2)cc1. The Bertz CT molecular complexity index is 442. The molecule has 102 valence electrons. The number of aryl methyl sites for hydroxylation is 1. The van der Waals surface area contributed by atoms with Crippen molar-refractivity contribution in [3.63, 3.8) is 0 Å². The lowest BCUT2D eigenvalue weighted by molar-refractivity contribution is 0.0632. The number of benzene rings is 1. The maximum atomic E-state index is 12.4. The van der Waals surface area contributed by atoms with E-state index in [9.17, 15) is 4.79 Å². The number of hydrogen-bond acceptors (Lipinski definition) is 2. The van der Waals surface area contributed by atoms with Gasteiger partial charge in [-0.15, -0.1) is 0 Å². The lowest BCUT2D eigenvalue weighted by Gasteiger charge is -2.34. The predicted octanol–water partition coefficient (Wildman–Crippen LogP) is 2.16. The largest absolute Gasteiger partial charge is 0.336 e. The van der Waals surface area contributed by atoms with E-state index in [1.807, 2.05) is 36.1 Å². The van der Waals surface area contributed by atoms with Crippen LogP contribution in [0.3, 0.4) is 0 Å². The Labute approximate surface area is 115 Å². The van der Waals surface area contributed by atoms with Crippen LogP contribution in [0, 0.1) is 12.8 Å². The zero-order chi connectivity index (χ0) is 13.2. The van der Waals surface area contributed by atoms with Crippen molar-refractivity contribution in [2.75, 3.05) is 32.7 Å². The number of carbonyl (C=O) groups excluding carboxylic acids is 1. The van der Waals surface area contributed by atoms with E-state index in [1.165, 1.54) is 24.9 Å². The first-order valence-corrected chi connectivity index (χ1v) is 7.30. The van der Waals surface area contributed by atoms with Crippen molar-refractivity contribution in [1.82, 2.24) is 9.80 Å². The first-order valence-electron chi connectivity index (χ1n) is 7.30. The van der Waals surface area contributed by atoms with Crippen LogP contribution in [0.15, 0.2) is 24.3 Å². The summed E-state index contributed by atoms with van der Waals surface area (Å²) in [5.41, 5.74) is 2.02. The number of hydrogen-bond donors (Lipinski definition) is 0. The lowest BCUT2D eigenvalue weighted by Crippen LogP contribution is -2.49. The molecule has 2 aliphatic rings. The topological polar surface area (TPSA) is 23.6 Å². The van der Waals surface area contributed by atoms with Crippen LogP contribution in [-0.2, 0) is 0 Å². The van der Waals surface area contributed by atoms with Crippen molar-refractivity contribution >= 4 is 5.91 Å². The average molecular weight is 258 g/mol. The maximum Gasteiger partial charge on any atom is 0.253 e. The van der Waals surface area contributed by atoms with Crippen LogP contribution < -0.4 is 0 Å². The Kier molecular flexibility index (Phi) is 3.56. The Balaban J connectivity index is 1.55. The molecule has 1 saturated heterocycles. The second kappa shape index (κ2) is 5.33. The third kappa shape index (κ3) is 3.16. The van der Waals surface area contributed by atoms with Gasteiger partial charge in [-0.05, 0) is 37.8 Å². The van der Waals surface area contributed by atoms with Crippen molar-refractivity contribution in [3.8, 4) is 0 Å². The normalized spacial score (nSPS) is 20.6. The van der Waals surface area contributed by atoms with Crippen LogP contribution in [-0.4, -0.2) is 48.4 Å². The fourth-order valence-corrected chi connectivity index (χ4v) is 2.68. The lowest BCUT2D eigenvalue weighted by atomic mass is 10.1. The zero-order valence-electron chi connectivity index (χ0n) is 11.6. The number of carbonyl (C=O) groups is 1. The molecule has 0 spiro atoms. The number of rotatable bonds is 3.